The van der Waals surface area contributed by atoms with Crippen LogP contribution in [0.5, 0.6) is 0 Å². The first-order valence-electron chi connectivity index (χ1n) is 6.72. The van der Waals surface area contributed by atoms with Crippen LogP contribution in [0.1, 0.15) is 51.4 Å². The van der Waals surface area contributed by atoms with E-state index in [-0.39, 0.29) is 0 Å². The number of carbonyl (C=O) groups is 1. The molecule has 1 heterocycles. The van der Waals surface area contributed by atoms with Gasteiger partial charge in [0.15, 0.2) is 0 Å². The van der Waals surface area contributed by atoms with E-state index in [2.05, 4.69) is 5.32 Å². The van der Waals surface area contributed by atoms with Crippen molar-refractivity contribution in [1.29, 1.82) is 0 Å². The van der Waals surface area contributed by atoms with Crippen molar-refractivity contribution in [1.82, 2.24) is 10.2 Å². The van der Waals surface area contributed by atoms with Crippen molar-refractivity contribution >= 4 is 6.41 Å². The third-order valence-electron chi connectivity index (χ3n) is 3.52. The zero-order chi connectivity index (χ0) is 11.6. The van der Waals surface area contributed by atoms with E-state index in [1.165, 1.54) is 64.5 Å². The van der Waals surface area contributed by atoms with Gasteiger partial charge in [0.1, 0.15) is 0 Å². The number of nitrogens with zero attached hydrogens (tertiary/aromatic N) is 1. The highest BCUT2D eigenvalue weighted by Crippen LogP contribution is 2.20. The van der Waals surface area contributed by atoms with Gasteiger partial charge in [-0.05, 0) is 38.8 Å². The molecule has 0 radical (unpaired) electrons. The van der Waals surface area contributed by atoms with E-state index in [0.717, 1.165) is 6.41 Å². The predicted molar refractivity (Wildman–Crippen MR) is 67.4 cm³/mol. The van der Waals surface area contributed by atoms with Crippen LogP contribution in [0.3, 0.4) is 0 Å². The van der Waals surface area contributed by atoms with Crippen LogP contribution in [0, 0.1) is 0 Å². The fraction of sp³-hybridized carbons (Fsp3) is 0.923. The molecule has 1 saturated carbocycles. The molecule has 0 bridgehead atoms. The van der Waals surface area contributed by atoms with E-state index in [9.17, 15) is 4.79 Å². The Morgan fingerprint density at radius 2 is 1.56 bits per heavy atom. The molecule has 2 aliphatic rings. The summed E-state index contributed by atoms with van der Waals surface area (Å²) in [6.07, 6.45) is 11.5. The Kier molecular flexibility index (Phi) is 7.23. The monoisotopic (exact) mass is 226 g/mol. The van der Waals surface area contributed by atoms with Crippen molar-refractivity contribution < 1.29 is 4.79 Å². The molecule has 1 N–H and O–H groups in total. The second kappa shape index (κ2) is 8.57. The van der Waals surface area contributed by atoms with Crippen LogP contribution in [0.4, 0.5) is 0 Å². The number of amides is 1. The largest absolute Gasteiger partial charge is 0.345 e. The maximum Gasteiger partial charge on any atom is 0.209 e. The topological polar surface area (TPSA) is 32.3 Å². The fourth-order valence-corrected chi connectivity index (χ4v) is 2.38. The lowest BCUT2D eigenvalue weighted by atomic mass is 9.95. The van der Waals surface area contributed by atoms with Gasteiger partial charge in [-0.15, -0.1) is 0 Å². The minimum absolute atomic E-state index is 0.534. The summed E-state index contributed by atoms with van der Waals surface area (Å²) in [6, 6.07) is 0.534. The Morgan fingerprint density at radius 1 is 1.00 bits per heavy atom. The number of carbonyl (C=O) groups excluding carboxylic acids is 1. The van der Waals surface area contributed by atoms with Gasteiger partial charge in [0.05, 0.1) is 0 Å². The Hall–Kier alpha value is -0.570. The van der Waals surface area contributed by atoms with Crippen LogP contribution in [-0.2, 0) is 4.79 Å². The highest BCUT2D eigenvalue weighted by Gasteiger charge is 2.15. The lowest BCUT2D eigenvalue weighted by molar-refractivity contribution is -0.119. The average Bonchev–Trinajstić information content (AvgIpc) is 2.41. The van der Waals surface area contributed by atoms with Crippen LogP contribution in [0.15, 0.2) is 0 Å². The molecule has 0 spiro atoms. The van der Waals surface area contributed by atoms with Crippen molar-refractivity contribution in [2.45, 2.75) is 57.4 Å². The molecular weight excluding hydrogens is 200 g/mol. The lowest BCUT2D eigenvalue weighted by Gasteiger charge is -2.27. The lowest BCUT2D eigenvalue weighted by Crippen LogP contribution is -2.31. The summed E-state index contributed by atoms with van der Waals surface area (Å²) in [5.41, 5.74) is 0. The van der Waals surface area contributed by atoms with E-state index >= 15 is 0 Å². The molecule has 0 aromatic heterocycles. The van der Waals surface area contributed by atoms with Gasteiger partial charge in [0, 0.05) is 13.1 Å². The molecule has 16 heavy (non-hydrogen) atoms. The van der Waals surface area contributed by atoms with E-state index in [1.807, 2.05) is 7.05 Å². The number of hydrogen-bond acceptors (Lipinski definition) is 2. The van der Waals surface area contributed by atoms with Gasteiger partial charge in [-0.25, -0.2) is 0 Å². The Balaban J connectivity index is 0.000000181. The van der Waals surface area contributed by atoms with E-state index < -0.39 is 0 Å². The van der Waals surface area contributed by atoms with E-state index in [4.69, 9.17) is 0 Å². The molecule has 3 nitrogen and oxygen atoms in total. The van der Waals surface area contributed by atoms with Crippen molar-refractivity contribution in [3.05, 3.63) is 0 Å². The number of piperidine rings is 1. The van der Waals surface area contributed by atoms with Crippen molar-refractivity contribution in [3.8, 4) is 0 Å². The highest BCUT2D eigenvalue weighted by molar-refractivity contribution is 5.46. The maximum atomic E-state index is 10.3. The van der Waals surface area contributed by atoms with Gasteiger partial charge < -0.3 is 10.2 Å². The molecular formula is C13H26N2O. The van der Waals surface area contributed by atoms with Crippen molar-refractivity contribution in [2.75, 3.05) is 20.1 Å². The Bertz CT molecular complexity index is 163. The van der Waals surface area contributed by atoms with Crippen LogP contribution >= 0.6 is 0 Å². The second-order valence-corrected chi connectivity index (χ2v) is 4.87. The molecule has 0 atom stereocenters. The Labute approximate surface area is 99.6 Å². The molecule has 1 aliphatic heterocycles. The van der Waals surface area contributed by atoms with Crippen LogP contribution < -0.4 is 5.32 Å². The minimum atomic E-state index is 0.534. The zero-order valence-electron chi connectivity index (χ0n) is 10.6. The van der Waals surface area contributed by atoms with Crippen molar-refractivity contribution in [2.24, 2.45) is 0 Å². The quantitative estimate of drug-likeness (QED) is 0.732. The molecule has 2 rings (SSSR count). The highest BCUT2D eigenvalue weighted by atomic mass is 16.1. The minimum Gasteiger partial charge on any atom is -0.345 e. The number of hydrogen-bond donors (Lipinski definition) is 1. The third-order valence-corrected chi connectivity index (χ3v) is 3.52. The number of rotatable bonds is 2. The molecule has 94 valence electrons. The molecule has 0 aromatic rings. The summed E-state index contributed by atoms with van der Waals surface area (Å²) < 4.78 is 0. The zero-order valence-corrected chi connectivity index (χ0v) is 10.6. The van der Waals surface area contributed by atoms with E-state index in [1.54, 1.807) is 4.90 Å². The smallest absolute Gasteiger partial charge is 0.209 e. The van der Waals surface area contributed by atoms with Crippen LogP contribution in [0.2, 0.25) is 0 Å². The third kappa shape index (κ3) is 5.50. The summed E-state index contributed by atoms with van der Waals surface area (Å²) in [5.74, 6) is 0. The van der Waals surface area contributed by atoms with Crippen LogP contribution in [0.25, 0.3) is 0 Å². The Morgan fingerprint density at radius 3 is 1.94 bits per heavy atom. The number of nitrogens with one attached hydrogen (secondary N) is 1. The van der Waals surface area contributed by atoms with Gasteiger partial charge in [-0.3, -0.25) is 4.79 Å². The molecule has 1 saturated heterocycles. The van der Waals surface area contributed by atoms with Gasteiger partial charge in [0.25, 0.3) is 0 Å². The molecule has 0 unspecified atom stereocenters. The van der Waals surface area contributed by atoms with Gasteiger partial charge in [-0.1, -0.05) is 25.7 Å². The first-order valence-corrected chi connectivity index (χ1v) is 6.72. The summed E-state index contributed by atoms with van der Waals surface area (Å²) >= 11 is 0. The summed E-state index contributed by atoms with van der Waals surface area (Å²) in [4.78, 5) is 12.1. The first-order chi connectivity index (χ1) is 7.84. The predicted octanol–water partition coefficient (Wildman–Crippen LogP) is 2.17. The SMILES string of the molecule is C1CCNCC1.CN(C=O)C1CCCCC1. The summed E-state index contributed by atoms with van der Waals surface area (Å²) in [5, 5.41) is 3.28. The van der Waals surface area contributed by atoms with Gasteiger partial charge in [0.2, 0.25) is 6.41 Å². The van der Waals surface area contributed by atoms with Crippen molar-refractivity contribution in [3.63, 3.8) is 0 Å². The second-order valence-electron chi connectivity index (χ2n) is 4.87. The molecule has 1 aliphatic carbocycles. The normalized spacial score (nSPS) is 21.8. The summed E-state index contributed by atoms with van der Waals surface area (Å²) in [7, 11) is 1.88. The fourth-order valence-electron chi connectivity index (χ4n) is 2.38. The maximum absolute atomic E-state index is 10.3. The molecule has 1 amide bonds. The summed E-state index contributed by atoms with van der Waals surface area (Å²) in [6.45, 7) is 2.50. The average molecular weight is 226 g/mol. The standard InChI is InChI=1S/C8H15NO.C5H11N/c1-9(7-10)8-5-3-2-4-6-8;1-2-4-6-5-3-1/h7-8H,2-6H2,1H3;6H,1-5H2. The van der Waals surface area contributed by atoms with Gasteiger partial charge >= 0.3 is 0 Å². The van der Waals surface area contributed by atoms with E-state index in [0.29, 0.717) is 6.04 Å². The molecule has 3 heteroatoms. The molecule has 2 fully saturated rings. The first kappa shape index (κ1) is 13.5. The van der Waals surface area contributed by atoms with Gasteiger partial charge in [-0.2, -0.15) is 0 Å². The van der Waals surface area contributed by atoms with Crippen LogP contribution in [-0.4, -0.2) is 37.5 Å². The molecule has 0 aromatic carbocycles.